The zero-order valence-corrected chi connectivity index (χ0v) is 10.5. The van der Waals surface area contributed by atoms with Crippen LogP contribution in [0.2, 0.25) is 0 Å². The van der Waals surface area contributed by atoms with E-state index in [0.717, 1.165) is 12.8 Å². The normalized spacial score (nSPS) is 38.0. The lowest BCUT2D eigenvalue weighted by atomic mass is 10.0. The van der Waals surface area contributed by atoms with Crippen LogP contribution in [0.4, 0.5) is 0 Å². The van der Waals surface area contributed by atoms with E-state index in [9.17, 15) is 4.79 Å². The van der Waals surface area contributed by atoms with Crippen molar-refractivity contribution in [3.05, 3.63) is 0 Å². The van der Waals surface area contributed by atoms with E-state index in [2.05, 4.69) is 27.9 Å². The van der Waals surface area contributed by atoms with E-state index in [1.807, 2.05) is 6.92 Å². The van der Waals surface area contributed by atoms with Crippen molar-refractivity contribution in [2.75, 3.05) is 0 Å². The number of nitrogens with one attached hydrogen (secondary N) is 1. The van der Waals surface area contributed by atoms with Crippen LogP contribution < -0.4 is 5.32 Å². The molecule has 0 radical (unpaired) electrons. The minimum absolute atomic E-state index is 0.0276. The second-order valence-corrected chi connectivity index (χ2v) is 6.15. The van der Waals surface area contributed by atoms with Gasteiger partial charge in [0.25, 0.3) is 0 Å². The molecule has 80 valence electrons. The van der Waals surface area contributed by atoms with Crippen molar-refractivity contribution in [3.63, 3.8) is 0 Å². The molecule has 14 heavy (non-hydrogen) atoms. The highest BCUT2D eigenvalue weighted by molar-refractivity contribution is 14.1. The predicted molar refractivity (Wildman–Crippen MR) is 62.5 cm³/mol. The van der Waals surface area contributed by atoms with E-state index in [1.165, 1.54) is 12.8 Å². The topological polar surface area (TPSA) is 38.3 Å². The van der Waals surface area contributed by atoms with Crippen molar-refractivity contribution in [1.29, 1.82) is 0 Å². The lowest BCUT2D eigenvalue weighted by molar-refractivity contribution is -0.149. The van der Waals surface area contributed by atoms with Crippen molar-refractivity contribution in [2.24, 2.45) is 0 Å². The Hall–Kier alpha value is 0.160. The number of alkyl halides is 1. The number of piperidine rings is 1. The number of ether oxygens (including phenoxy) is 1. The second-order valence-electron chi connectivity index (χ2n) is 4.28. The van der Waals surface area contributed by atoms with Crippen LogP contribution in [0.3, 0.4) is 0 Å². The third-order valence-corrected chi connectivity index (χ3v) is 3.55. The molecule has 2 aliphatic rings. The molecule has 0 aliphatic carbocycles. The second kappa shape index (κ2) is 4.35. The number of hydrogen-bond acceptors (Lipinski definition) is 3. The van der Waals surface area contributed by atoms with Crippen LogP contribution >= 0.6 is 22.6 Å². The summed E-state index contributed by atoms with van der Waals surface area (Å²) < 4.78 is 5.42. The Labute approximate surface area is 98.1 Å². The summed E-state index contributed by atoms with van der Waals surface area (Å²) in [7, 11) is 0. The van der Waals surface area contributed by atoms with Crippen LogP contribution in [0, 0.1) is 0 Å². The standard InChI is InChI=1S/C10H16INO2/c1-6(11)10(13)14-9-4-7-2-3-8(5-9)12-7/h6-9,12H,2-5H2,1H3. The average Bonchev–Trinajstić information content (AvgIpc) is 2.45. The number of fused-ring (bicyclic) bond motifs is 2. The van der Waals surface area contributed by atoms with Crippen molar-refractivity contribution in [2.45, 2.75) is 54.7 Å². The maximum Gasteiger partial charge on any atom is 0.318 e. The van der Waals surface area contributed by atoms with Crippen molar-refractivity contribution in [1.82, 2.24) is 5.32 Å². The van der Waals surface area contributed by atoms with Gasteiger partial charge in [0.05, 0.1) is 0 Å². The van der Waals surface area contributed by atoms with Gasteiger partial charge in [0, 0.05) is 12.1 Å². The molecule has 2 saturated heterocycles. The molecule has 2 rings (SSSR count). The highest BCUT2D eigenvalue weighted by Gasteiger charge is 2.35. The molecule has 2 bridgehead atoms. The molecule has 0 saturated carbocycles. The number of esters is 1. The fraction of sp³-hybridized carbons (Fsp3) is 0.900. The van der Waals surface area contributed by atoms with Gasteiger partial charge in [-0.2, -0.15) is 0 Å². The van der Waals surface area contributed by atoms with Gasteiger partial charge in [-0.25, -0.2) is 0 Å². The first-order valence-corrected chi connectivity index (χ1v) is 6.50. The molecule has 0 aromatic carbocycles. The van der Waals surface area contributed by atoms with E-state index in [0.29, 0.717) is 12.1 Å². The van der Waals surface area contributed by atoms with E-state index >= 15 is 0 Å². The number of hydrogen-bond donors (Lipinski definition) is 1. The first-order valence-electron chi connectivity index (χ1n) is 5.26. The molecule has 3 nitrogen and oxygen atoms in total. The molecule has 3 atom stereocenters. The Morgan fingerprint density at radius 1 is 1.43 bits per heavy atom. The van der Waals surface area contributed by atoms with Crippen molar-refractivity contribution in [3.8, 4) is 0 Å². The van der Waals surface area contributed by atoms with Crippen LogP contribution in [-0.2, 0) is 9.53 Å². The molecule has 0 aromatic rings. The summed E-state index contributed by atoms with van der Waals surface area (Å²) in [5.74, 6) is -0.0584. The molecule has 2 fully saturated rings. The molecule has 1 N–H and O–H groups in total. The molecular weight excluding hydrogens is 293 g/mol. The number of halogens is 1. The van der Waals surface area contributed by atoms with Crippen LogP contribution in [0.15, 0.2) is 0 Å². The quantitative estimate of drug-likeness (QED) is 0.479. The maximum atomic E-state index is 11.4. The van der Waals surface area contributed by atoms with Gasteiger partial charge in [-0.05, 0) is 32.6 Å². The predicted octanol–water partition coefficient (Wildman–Crippen LogP) is 1.64. The number of rotatable bonds is 2. The molecule has 2 aliphatic heterocycles. The Morgan fingerprint density at radius 2 is 2.00 bits per heavy atom. The minimum Gasteiger partial charge on any atom is -0.461 e. The maximum absolute atomic E-state index is 11.4. The summed E-state index contributed by atoms with van der Waals surface area (Å²) in [6, 6.07) is 1.19. The SMILES string of the molecule is CC(I)C(=O)OC1CC2CCC(C1)N2. The summed E-state index contributed by atoms with van der Waals surface area (Å²) in [5.41, 5.74) is 0. The van der Waals surface area contributed by atoms with E-state index in [4.69, 9.17) is 4.74 Å². The summed E-state index contributed by atoms with van der Waals surface area (Å²) in [5, 5.41) is 3.53. The first-order chi connectivity index (χ1) is 6.65. The molecular formula is C10H16INO2. The van der Waals surface area contributed by atoms with Gasteiger partial charge in [0.15, 0.2) is 0 Å². The highest BCUT2D eigenvalue weighted by atomic mass is 127. The van der Waals surface area contributed by atoms with E-state index in [-0.39, 0.29) is 16.0 Å². The van der Waals surface area contributed by atoms with Crippen LogP contribution in [0.25, 0.3) is 0 Å². The first kappa shape index (κ1) is 10.7. The number of carbonyl (C=O) groups excluding carboxylic acids is 1. The smallest absolute Gasteiger partial charge is 0.318 e. The lowest BCUT2D eigenvalue weighted by Gasteiger charge is -2.29. The van der Waals surface area contributed by atoms with Gasteiger partial charge in [-0.1, -0.05) is 22.6 Å². The molecule has 3 unspecified atom stereocenters. The van der Waals surface area contributed by atoms with Gasteiger partial charge in [-0.15, -0.1) is 0 Å². The van der Waals surface area contributed by atoms with E-state index < -0.39 is 0 Å². The fourth-order valence-corrected chi connectivity index (χ4v) is 2.51. The van der Waals surface area contributed by atoms with E-state index in [1.54, 1.807) is 0 Å². The van der Waals surface area contributed by atoms with Gasteiger partial charge >= 0.3 is 5.97 Å². The summed E-state index contributed by atoms with van der Waals surface area (Å²) in [4.78, 5) is 11.4. The zero-order valence-electron chi connectivity index (χ0n) is 8.33. The van der Waals surface area contributed by atoms with Crippen LogP contribution in [0.1, 0.15) is 32.6 Å². The van der Waals surface area contributed by atoms with Crippen LogP contribution in [-0.4, -0.2) is 28.1 Å². The largest absolute Gasteiger partial charge is 0.461 e. The van der Waals surface area contributed by atoms with Crippen molar-refractivity contribution >= 4 is 28.6 Å². The Kier molecular flexibility index (Phi) is 3.31. The lowest BCUT2D eigenvalue weighted by Crippen LogP contribution is -2.42. The highest BCUT2D eigenvalue weighted by Crippen LogP contribution is 2.28. The minimum atomic E-state index is -0.0584. The molecule has 0 aromatic heterocycles. The van der Waals surface area contributed by atoms with Crippen LogP contribution in [0.5, 0.6) is 0 Å². The van der Waals surface area contributed by atoms with Gasteiger partial charge in [0.2, 0.25) is 0 Å². The Bertz CT molecular complexity index is 220. The number of carbonyl (C=O) groups is 1. The van der Waals surface area contributed by atoms with Crippen molar-refractivity contribution < 1.29 is 9.53 Å². The summed E-state index contributed by atoms with van der Waals surface area (Å²) in [6.07, 6.45) is 4.67. The van der Waals surface area contributed by atoms with Gasteiger partial charge in [0.1, 0.15) is 10.0 Å². The Morgan fingerprint density at radius 3 is 2.50 bits per heavy atom. The fourth-order valence-electron chi connectivity index (χ4n) is 2.36. The molecule has 2 heterocycles. The monoisotopic (exact) mass is 309 g/mol. The molecule has 0 spiro atoms. The zero-order chi connectivity index (χ0) is 10.1. The van der Waals surface area contributed by atoms with Gasteiger partial charge in [-0.3, -0.25) is 4.79 Å². The molecule has 0 amide bonds. The van der Waals surface area contributed by atoms with Gasteiger partial charge < -0.3 is 10.1 Å². The average molecular weight is 309 g/mol. The third-order valence-electron chi connectivity index (χ3n) is 3.04. The Balaban J connectivity index is 1.85. The molecule has 4 heteroatoms. The third kappa shape index (κ3) is 2.39. The summed E-state index contributed by atoms with van der Waals surface area (Å²) >= 11 is 2.10. The summed E-state index contributed by atoms with van der Waals surface area (Å²) in [6.45, 7) is 1.87.